The highest BCUT2D eigenvalue weighted by Crippen LogP contribution is 2.30. The molecule has 0 aromatic heterocycles. The van der Waals surface area contributed by atoms with Gasteiger partial charge in [0.2, 0.25) is 21.8 Å². The summed E-state index contributed by atoms with van der Waals surface area (Å²) in [7, 11) is -3.88. The van der Waals surface area contributed by atoms with Gasteiger partial charge < -0.3 is 15.0 Å². The number of sulfonamides is 1. The lowest BCUT2D eigenvalue weighted by Gasteiger charge is -2.33. The second kappa shape index (κ2) is 14.1. The zero-order chi connectivity index (χ0) is 28.4. The van der Waals surface area contributed by atoms with E-state index in [1.807, 2.05) is 61.5 Å². The van der Waals surface area contributed by atoms with Crippen LogP contribution in [0.25, 0.3) is 0 Å². The third kappa shape index (κ3) is 8.56. The van der Waals surface area contributed by atoms with Crippen LogP contribution in [0.5, 0.6) is 5.75 Å². The second-order valence-corrected chi connectivity index (χ2v) is 11.7. The van der Waals surface area contributed by atoms with Crippen molar-refractivity contribution in [1.82, 2.24) is 10.2 Å². The van der Waals surface area contributed by atoms with E-state index in [-0.39, 0.29) is 24.6 Å². The third-order valence-corrected chi connectivity index (χ3v) is 7.60. The average molecular weight is 617 g/mol. The number of carbonyl (C=O) groups is 2. The first-order valence-corrected chi connectivity index (χ1v) is 15.3. The van der Waals surface area contributed by atoms with E-state index >= 15 is 0 Å². The van der Waals surface area contributed by atoms with Crippen LogP contribution in [0, 0.1) is 0 Å². The van der Waals surface area contributed by atoms with E-state index in [2.05, 4.69) is 21.2 Å². The summed E-state index contributed by atoms with van der Waals surface area (Å²) in [6.07, 6.45) is 1.31. The van der Waals surface area contributed by atoms with Crippen LogP contribution in [-0.2, 0) is 32.6 Å². The van der Waals surface area contributed by atoms with Gasteiger partial charge in [0.25, 0.3) is 0 Å². The summed E-state index contributed by atoms with van der Waals surface area (Å²) in [5, 5.41) is 2.85. The van der Waals surface area contributed by atoms with Gasteiger partial charge >= 0.3 is 0 Å². The molecule has 3 aromatic rings. The molecule has 0 aliphatic carbocycles. The molecule has 8 nitrogen and oxygen atoms in total. The van der Waals surface area contributed by atoms with Gasteiger partial charge in [0, 0.05) is 24.0 Å². The van der Waals surface area contributed by atoms with E-state index < -0.39 is 28.5 Å². The van der Waals surface area contributed by atoms with Gasteiger partial charge in [-0.25, -0.2) is 8.42 Å². The summed E-state index contributed by atoms with van der Waals surface area (Å²) < 4.78 is 33.4. The number of nitrogens with zero attached hydrogens (tertiary/aromatic N) is 2. The van der Waals surface area contributed by atoms with Crippen LogP contribution in [0.1, 0.15) is 25.0 Å². The monoisotopic (exact) mass is 615 g/mol. The maximum atomic E-state index is 14.1. The van der Waals surface area contributed by atoms with Gasteiger partial charge in [0.15, 0.2) is 0 Å². The lowest BCUT2D eigenvalue weighted by atomic mass is 10.0. The Hall–Kier alpha value is -3.37. The average Bonchev–Trinajstić information content (AvgIpc) is 2.90. The normalized spacial score (nSPS) is 11.9. The number of likely N-dealkylation sites (N-methyl/N-ethyl adjacent to an activating group) is 1. The number of para-hydroxylation sites is 2. The molecular weight excluding hydrogens is 582 g/mol. The van der Waals surface area contributed by atoms with Gasteiger partial charge in [-0.1, -0.05) is 70.5 Å². The molecule has 0 unspecified atom stereocenters. The van der Waals surface area contributed by atoms with Crippen molar-refractivity contribution in [1.29, 1.82) is 0 Å². The largest absolute Gasteiger partial charge is 0.492 e. The first-order valence-electron chi connectivity index (χ1n) is 12.7. The number of benzene rings is 3. The highest BCUT2D eigenvalue weighted by molar-refractivity contribution is 9.10. The summed E-state index contributed by atoms with van der Waals surface area (Å²) in [5.41, 5.74) is 1.93. The van der Waals surface area contributed by atoms with Crippen molar-refractivity contribution in [3.63, 3.8) is 0 Å². The molecule has 0 aliphatic rings. The maximum absolute atomic E-state index is 14.1. The third-order valence-electron chi connectivity index (χ3n) is 5.98. The summed E-state index contributed by atoms with van der Waals surface area (Å²) in [6, 6.07) is 22.7. The van der Waals surface area contributed by atoms with Crippen molar-refractivity contribution < 1.29 is 22.7 Å². The van der Waals surface area contributed by atoms with E-state index in [1.54, 1.807) is 31.2 Å². The number of anilines is 1. The van der Waals surface area contributed by atoms with Gasteiger partial charge in [-0.15, -0.1) is 0 Å². The molecule has 0 heterocycles. The molecule has 3 rings (SSSR count). The smallest absolute Gasteiger partial charge is 0.244 e. The fourth-order valence-electron chi connectivity index (χ4n) is 4.21. The Morgan fingerprint density at radius 3 is 2.26 bits per heavy atom. The molecule has 10 heteroatoms. The summed E-state index contributed by atoms with van der Waals surface area (Å²) >= 11 is 3.47. The highest BCUT2D eigenvalue weighted by atomic mass is 79.9. The van der Waals surface area contributed by atoms with Crippen molar-refractivity contribution in [3.8, 4) is 5.75 Å². The minimum absolute atomic E-state index is 0.109. The minimum atomic E-state index is -3.88. The molecule has 0 saturated heterocycles. The van der Waals surface area contributed by atoms with E-state index in [0.29, 0.717) is 18.9 Å². The molecule has 2 amide bonds. The molecule has 3 aromatic carbocycles. The minimum Gasteiger partial charge on any atom is -0.492 e. The van der Waals surface area contributed by atoms with Crippen LogP contribution >= 0.6 is 15.9 Å². The lowest BCUT2D eigenvalue weighted by Crippen LogP contribution is -2.53. The van der Waals surface area contributed by atoms with Gasteiger partial charge in [-0.05, 0) is 49.2 Å². The SMILES string of the molecule is CCNC(=O)[C@@H](Cc1ccccc1)N(Cc1cccc(Br)c1)C(=O)CN(c1ccccc1OCC)S(C)(=O)=O. The van der Waals surface area contributed by atoms with Crippen LogP contribution in [0.3, 0.4) is 0 Å². The number of halogens is 1. The molecule has 208 valence electrons. The second-order valence-electron chi connectivity index (χ2n) is 8.92. The zero-order valence-electron chi connectivity index (χ0n) is 22.3. The van der Waals surface area contributed by atoms with Crippen LogP contribution in [0.15, 0.2) is 83.3 Å². The fraction of sp³-hybridized carbons (Fsp3) is 0.310. The van der Waals surface area contributed by atoms with E-state index in [1.165, 1.54) is 4.90 Å². The number of carbonyl (C=O) groups excluding carboxylic acids is 2. The van der Waals surface area contributed by atoms with E-state index in [4.69, 9.17) is 4.74 Å². The van der Waals surface area contributed by atoms with Crippen LogP contribution in [0.4, 0.5) is 5.69 Å². The Bertz CT molecular complexity index is 1370. The van der Waals surface area contributed by atoms with Crippen molar-refractivity contribution in [3.05, 3.63) is 94.5 Å². The molecule has 0 fully saturated rings. The molecule has 39 heavy (non-hydrogen) atoms. The Kier molecular flexibility index (Phi) is 10.9. The Balaban J connectivity index is 2.06. The molecule has 0 aliphatic heterocycles. The number of ether oxygens (including phenoxy) is 1. The predicted octanol–water partition coefficient (Wildman–Crippen LogP) is 4.39. The fourth-order valence-corrected chi connectivity index (χ4v) is 5.51. The topological polar surface area (TPSA) is 96.0 Å². The van der Waals surface area contributed by atoms with Crippen molar-refractivity contribution >= 4 is 43.5 Å². The first kappa shape index (κ1) is 30.2. The van der Waals surface area contributed by atoms with E-state index in [0.717, 1.165) is 26.2 Å². The maximum Gasteiger partial charge on any atom is 0.244 e. The highest BCUT2D eigenvalue weighted by Gasteiger charge is 2.33. The number of amides is 2. The summed E-state index contributed by atoms with van der Waals surface area (Å²) in [5.74, 6) is -0.481. The molecule has 1 N–H and O–H groups in total. The quantitative estimate of drug-likeness (QED) is 0.308. The van der Waals surface area contributed by atoms with Gasteiger partial charge in [0.05, 0.1) is 18.6 Å². The molecule has 0 spiro atoms. The molecule has 0 radical (unpaired) electrons. The zero-order valence-corrected chi connectivity index (χ0v) is 24.7. The first-order chi connectivity index (χ1) is 18.6. The van der Waals surface area contributed by atoms with Crippen molar-refractivity contribution in [2.24, 2.45) is 0 Å². The molecule has 0 bridgehead atoms. The molecule has 1 atom stereocenters. The summed E-state index contributed by atoms with van der Waals surface area (Å²) in [4.78, 5) is 28.9. The van der Waals surface area contributed by atoms with Crippen molar-refractivity contribution in [2.75, 3.05) is 30.3 Å². The van der Waals surface area contributed by atoms with Crippen LogP contribution < -0.4 is 14.4 Å². The number of nitrogens with one attached hydrogen (secondary N) is 1. The van der Waals surface area contributed by atoms with Crippen LogP contribution in [-0.4, -0.2) is 57.1 Å². The van der Waals surface area contributed by atoms with Gasteiger partial charge in [-0.2, -0.15) is 0 Å². The molecule has 0 saturated carbocycles. The number of rotatable bonds is 13. The lowest BCUT2D eigenvalue weighted by molar-refractivity contribution is -0.140. The predicted molar refractivity (Wildman–Crippen MR) is 157 cm³/mol. The number of hydrogen-bond acceptors (Lipinski definition) is 5. The van der Waals surface area contributed by atoms with Gasteiger partial charge in [0.1, 0.15) is 18.3 Å². The Morgan fingerprint density at radius 2 is 1.62 bits per heavy atom. The molecular formula is C29H34BrN3O5S. The summed E-state index contributed by atoms with van der Waals surface area (Å²) in [6.45, 7) is 3.94. The van der Waals surface area contributed by atoms with E-state index in [9.17, 15) is 18.0 Å². The Labute approximate surface area is 239 Å². The number of hydrogen-bond donors (Lipinski definition) is 1. The standard InChI is InChI=1S/C29H34BrN3O5S/c1-4-31-29(35)26(19-22-12-7-6-8-13-22)32(20-23-14-11-15-24(30)18-23)28(34)21-33(39(3,36)37)25-16-9-10-17-27(25)38-5-2/h6-18,26H,4-5,19-21H2,1-3H3,(H,31,35)/t26-/m1/s1. The van der Waals surface area contributed by atoms with Crippen molar-refractivity contribution in [2.45, 2.75) is 32.9 Å². The van der Waals surface area contributed by atoms with Gasteiger partial charge in [-0.3, -0.25) is 13.9 Å². The Morgan fingerprint density at radius 1 is 0.949 bits per heavy atom. The van der Waals surface area contributed by atoms with Crippen LogP contribution in [0.2, 0.25) is 0 Å².